The molecule has 0 bridgehead atoms. The fraction of sp³-hybridized carbons (Fsp3) is 0.333. The first-order chi connectivity index (χ1) is 14.0. The van der Waals surface area contributed by atoms with Gasteiger partial charge in [0, 0.05) is 36.8 Å². The van der Waals surface area contributed by atoms with Gasteiger partial charge in [0.25, 0.3) is 5.91 Å². The monoisotopic (exact) mass is 415 g/mol. The minimum absolute atomic E-state index is 0.0574. The highest BCUT2D eigenvalue weighted by atomic mass is 35.5. The lowest BCUT2D eigenvalue weighted by molar-refractivity contribution is 0.0952. The van der Waals surface area contributed by atoms with Crippen molar-refractivity contribution in [3.05, 3.63) is 70.2 Å². The van der Waals surface area contributed by atoms with Crippen LogP contribution in [0, 0.1) is 0 Å². The number of hydrogen-bond donors (Lipinski definition) is 3. The molecule has 3 rings (SSSR count). The molecule has 0 spiro atoms. The molecule has 0 aliphatic carbocycles. The number of urea groups is 1. The lowest BCUT2D eigenvalue weighted by Gasteiger charge is -2.41. The zero-order valence-electron chi connectivity index (χ0n) is 16.4. The van der Waals surface area contributed by atoms with Crippen LogP contribution in [0.15, 0.2) is 48.5 Å². The largest absolute Gasteiger partial charge is 0.334 e. The third-order valence-electron chi connectivity index (χ3n) is 5.20. The van der Waals surface area contributed by atoms with Crippen LogP contribution < -0.4 is 16.6 Å². The second-order valence-corrected chi connectivity index (χ2v) is 7.42. The quantitative estimate of drug-likeness (QED) is 0.397. The van der Waals surface area contributed by atoms with Crippen molar-refractivity contribution in [2.45, 2.75) is 19.5 Å². The molecule has 0 radical (unpaired) electrons. The summed E-state index contributed by atoms with van der Waals surface area (Å²) in [5.74, 6) is 4.79. The Morgan fingerprint density at radius 2 is 1.93 bits per heavy atom. The maximum absolute atomic E-state index is 12.9. The van der Waals surface area contributed by atoms with Gasteiger partial charge in [0.15, 0.2) is 0 Å². The second-order valence-electron chi connectivity index (χ2n) is 6.99. The SMILES string of the molecule is CCN1CCN(C(=O)NCc2ccc(C(=O)NN)cc2)C(c2cccc(Cl)c2)C1. The van der Waals surface area contributed by atoms with Crippen LogP contribution in [0.3, 0.4) is 0 Å². The molecule has 7 nitrogen and oxygen atoms in total. The van der Waals surface area contributed by atoms with E-state index in [1.54, 1.807) is 24.3 Å². The summed E-state index contributed by atoms with van der Waals surface area (Å²) in [6.07, 6.45) is 0. The highest BCUT2D eigenvalue weighted by molar-refractivity contribution is 6.30. The lowest BCUT2D eigenvalue weighted by Crippen LogP contribution is -2.53. The number of piperazine rings is 1. The number of likely N-dealkylation sites (N-methyl/N-ethyl adjacent to an activating group) is 1. The maximum atomic E-state index is 12.9. The molecule has 2 aromatic rings. The fourth-order valence-electron chi connectivity index (χ4n) is 3.51. The number of carbonyl (C=O) groups is 2. The van der Waals surface area contributed by atoms with E-state index in [1.807, 2.05) is 29.2 Å². The van der Waals surface area contributed by atoms with Gasteiger partial charge in [-0.05, 0) is 41.9 Å². The summed E-state index contributed by atoms with van der Waals surface area (Å²) in [6, 6.07) is 14.5. The molecule has 1 aliphatic rings. The molecule has 1 fully saturated rings. The first kappa shape index (κ1) is 21.1. The predicted molar refractivity (Wildman–Crippen MR) is 113 cm³/mol. The Kier molecular flexibility index (Phi) is 7.09. The Hall–Kier alpha value is -2.61. The Morgan fingerprint density at radius 3 is 2.59 bits per heavy atom. The molecule has 1 atom stereocenters. The molecule has 4 N–H and O–H groups in total. The first-order valence-corrected chi connectivity index (χ1v) is 10.0. The van der Waals surface area contributed by atoms with E-state index in [4.69, 9.17) is 17.4 Å². The van der Waals surface area contributed by atoms with Gasteiger partial charge in [-0.25, -0.2) is 10.6 Å². The van der Waals surface area contributed by atoms with Crippen LogP contribution in [-0.2, 0) is 6.54 Å². The third kappa shape index (κ3) is 5.26. The van der Waals surface area contributed by atoms with Crippen molar-refractivity contribution in [1.82, 2.24) is 20.5 Å². The van der Waals surface area contributed by atoms with E-state index in [9.17, 15) is 9.59 Å². The van der Waals surface area contributed by atoms with Crippen molar-refractivity contribution < 1.29 is 9.59 Å². The van der Waals surface area contributed by atoms with Crippen molar-refractivity contribution in [2.24, 2.45) is 5.84 Å². The predicted octanol–water partition coefficient (Wildman–Crippen LogP) is 2.53. The van der Waals surface area contributed by atoms with Gasteiger partial charge >= 0.3 is 6.03 Å². The van der Waals surface area contributed by atoms with Gasteiger partial charge < -0.3 is 10.2 Å². The van der Waals surface area contributed by atoms with Crippen molar-refractivity contribution in [2.75, 3.05) is 26.2 Å². The molecule has 0 aromatic heterocycles. The van der Waals surface area contributed by atoms with E-state index in [0.29, 0.717) is 23.7 Å². The van der Waals surface area contributed by atoms with E-state index in [0.717, 1.165) is 30.8 Å². The highest BCUT2D eigenvalue weighted by Gasteiger charge is 2.31. The van der Waals surface area contributed by atoms with Gasteiger partial charge in [-0.15, -0.1) is 0 Å². The first-order valence-electron chi connectivity index (χ1n) is 9.64. The number of nitrogens with one attached hydrogen (secondary N) is 2. The number of nitrogen functional groups attached to an aromatic ring is 1. The molecule has 1 heterocycles. The zero-order chi connectivity index (χ0) is 20.8. The topological polar surface area (TPSA) is 90.7 Å². The number of hydrogen-bond acceptors (Lipinski definition) is 4. The van der Waals surface area contributed by atoms with Gasteiger partial charge in [0.05, 0.1) is 6.04 Å². The molecule has 1 saturated heterocycles. The fourth-order valence-corrected chi connectivity index (χ4v) is 3.70. The number of hydrazine groups is 1. The highest BCUT2D eigenvalue weighted by Crippen LogP contribution is 2.27. The van der Waals surface area contributed by atoms with Crippen molar-refractivity contribution in [3.63, 3.8) is 0 Å². The number of halogens is 1. The number of nitrogens with two attached hydrogens (primary N) is 1. The molecule has 3 amide bonds. The Morgan fingerprint density at radius 1 is 1.17 bits per heavy atom. The van der Waals surface area contributed by atoms with Crippen LogP contribution in [0.2, 0.25) is 5.02 Å². The lowest BCUT2D eigenvalue weighted by atomic mass is 10.0. The van der Waals surface area contributed by atoms with Crippen LogP contribution in [0.4, 0.5) is 4.79 Å². The summed E-state index contributed by atoms with van der Waals surface area (Å²) in [4.78, 5) is 28.7. The number of benzene rings is 2. The molecule has 1 unspecified atom stereocenters. The average Bonchev–Trinajstić information content (AvgIpc) is 2.76. The summed E-state index contributed by atoms with van der Waals surface area (Å²) in [5, 5.41) is 3.65. The Bertz CT molecular complexity index is 858. The number of carbonyl (C=O) groups excluding carboxylic acids is 2. The maximum Gasteiger partial charge on any atom is 0.318 e. The third-order valence-corrected chi connectivity index (χ3v) is 5.43. The van der Waals surface area contributed by atoms with Crippen LogP contribution in [0.5, 0.6) is 0 Å². The van der Waals surface area contributed by atoms with E-state index in [2.05, 4.69) is 22.6 Å². The van der Waals surface area contributed by atoms with Gasteiger partial charge in [-0.2, -0.15) is 0 Å². The zero-order valence-corrected chi connectivity index (χ0v) is 17.2. The van der Waals surface area contributed by atoms with Gasteiger partial charge in [0.1, 0.15) is 0 Å². The summed E-state index contributed by atoms with van der Waals surface area (Å²) < 4.78 is 0. The standard InChI is InChI=1S/C21H26ClN5O2/c1-2-26-10-11-27(19(14-26)17-4-3-5-18(22)12-17)21(29)24-13-15-6-8-16(9-7-15)20(28)25-23/h3-9,12,19H,2,10-11,13-14,23H2,1H3,(H,24,29)(H,25,28). The average molecular weight is 416 g/mol. The normalized spacial score (nSPS) is 17.1. The smallest absolute Gasteiger partial charge is 0.318 e. The molecule has 8 heteroatoms. The molecular weight excluding hydrogens is 390 g/mol. The van der Waals surface area contributed by atoms with Gasteiger partial charge in [-0.3, -0.25) is 15.1 Å². The minimum Gasteiger partial charge on any atom is -0.334 e. The molecular formula is C21H26ClN5O2. The summed E-state index contributed by atoms with van der Waals surface area (Å²) in [6.45, 7) is 5.69. The minimum atomic E-state index is -0.348. The van der Waals surface area contributed by atoms with E-state index >= 15 is 0 Å². The molecule has 154 valence electrons. The van der Waals surface area contributed by atoms with Crippen LogP contribution in [0.1, 0.15) is 34.5 Å². The summed E-state index contributed by atoms with van der Waals surface area (Å²) >= 11 is 6.18. The molecule has 29 heavy (non-hydrogen) atoms. The summed E-state index contributed by atoms with van der Waals surface area (Å²) in [7, 11) is 0. The number of amides is 3. The van der Waals surface area contributed by atoms with E-state index in [-0.39, 0.29) is 18.0 Å². The molecule has 2 aromatic carbocycles. The van der Waals surface area contributed by atoms with Crippen molar-refractivity contribution in [3.8, 4) is 0 Å². The van der Waals surface area contributed by atoms with Crippen molar-refractivity contribution in [1.29, 1.82) is 0 Å². The van der Waals surface area contributed by atoms with Crippen LogP contribution >= 0.6 is 11.6 Å². The molecule has 1 aliphatic heterocycles. The van der Waals surface area contributed by atoms with Crippen molar-refractivity contribution >= 4 is 23.5 Å². The Labute approximate surface area is 175 Å². The number of nitrogens with zero attached hydrogens (tertiary/aromatic N) is 2. The second kappa shape index (κ2) is 9.73. The van der Waals surface area contributed by atoms with E-state index < -0.39 is 0 Å². The Balaban J connectivity index is 1.68. The van der Waals surface area contributed by atoms with Gasteiger partial charge in [0.2, 0.25) is 0 Å². The summed E-state index contributed by atoms with van der Waals surface area (Å²) in [5.41, 5.74) is 4.50. The van der Waals surface area contributed by atoms with Gasteiger partial charge in [-0.1, -0.05) is 42.8 Å². The number of rotatable bonds is 5. The van der Waals surface area contributed by atoms with Crippen LogP contribution in [-0.4, -0.2) is 47.9 Å². The molecule has 0 saturated carbocycles. The van der Waals surface area contributed by atoms with Crippen LogP contribution in [0.25, 0.3) is 0 Å². The van der Waals surface area contributed by atoms with E-state index in [1.165, 1.54) is 0 Å².